The van der Waals surface area contributed by atoms with Crippen LogP contribution in [0.5, 0.6) is 0 Å². The van der Waals surface area contributed by atoms with Crippen LogP contribution in [0.25, 0.3) is 22.1 Å². The Balaban J connectivity index is 1.52. The summed E-state index contributed by atoms with van der Waals surface area (Å²) >= 11 is 0. The van der Waals surface area contributed by atoms with Gasteiger partial charge in [-0.25, -0.2) is 14.8 Å². The van der Waals surface area contributed by atoms with Gasteiger partial charge in [0, 0.05) is 17.9 Å². The first-order valence-corrected chi connectivity index (χ1v) is 10.1. The van der Waals surface area contributed by atoms with Crippen molar-refractivity contribution in [1.29, 1.82) is 0 Å². The van der Waals surface area contributed by atoms with Crippen LogP contribution in [0.15, 0.2) is 44.7 Å². The van der Waals surface area contributed by atoms with E-state index in [-0.39, 0.29) is 35.0 Å². The third kappa shape index (κ3) is 5.27. The van der Waals surface area contributed by atoms with Crippen LogP contribution in [0.4, 0.5) is 11.6 Å². The number of H-pyrrole nitrogens is 1. The van der Waals surface area contributed by atoms with Crippen LogP contribution >= 0.6 is 0 Å². The highest BCUT2D eigenvalue weighted by Gasteiger charge is 2.23. The summed E-state index contributed by atoms with van der Waals surface area (Å²) in [5.41, 5.74) is 6.08. The second kappa shape index (κ2) is 9.38. The number of hydrogen-bond acceptors (Lipinski definition) is 10. The van der Waals surface area contributed by atoms with Gasteiger partial charge in [0.1, 0.15) is 17.3 Å². The second-order valence-electron chi connectivity index (χ2n) is 7.31. The zero-order valence-corrected chi connectivity index (χ0v) is 17.8. The average molecular weight is 479 g/mol. The van der Waals surface area contributed by atoms with Crippen molar-refractivity contribution in [3.63, 3.8) is 0 Å². The van der Waals surface area contributed by atoms with Gasteiger partial charge in [-0.1, -0.05) is 0 Å². The summed E-state index contributed by atoms with van der Waals surface area (Å²) in [6, 6.07) is 4.88. The predicted octanol–water partition coefficient (Wildman–Crippen LogP) is 0.840. The number of aromatic nitrogens is 4. The molecule has 0 aliphatic carbocycles. The van der Waals surface area contributed by atoms with Crippen molar-refractivity contribution in [1.82, 2.24) is 25.3 Å². The van der Waals surface area contributed by atoms with Crippen molar-refractivity contribution in [3.05, 3.63) is 52.3 Å². The summed E-state index contributed by atoms with van der Waals surface area (Å²) in [7, 11) is 0. The lowest BCUT2D eigenvalue weighted by Gasteiger charge is -2.12. The van der Waals surface area contributed by atoms with Crippen molar-refractivity contribution in [2.75, 3.05) is 5.73 Å². The Kier molecular flexibility index (Phi) is 6.17. The van der Waals surface area contributed by atoms with Crippen molar-refractivity contribution in [3.8, 4) is 0 Å². The van der Waals surface area contributed by atoms with E-state index in [1.54, 1.807) is 18.2 Å². The van der Waals surface area contributed by atoms with Gasteiger partial charge >= 0.3 is 17.5 Å². The highest BCUT2D eigenvalue weighted by atomic mass is 16.4. The van der Waals surface area contributed by atoms with Gasteiger partial charge in [0.15, 0.2) is 16.9 Å². The number of aliphatic imine (C=N–C) groups is 1. The van der Waals surface area contributed by atoms with Crippen molar-refractivity contribution in [2.45, 2.75) is 18.9 Å². The summed E-state index contributed by atoms with van der Waals surface area (Å²) in [5.74, 6) is -3.55. The minimum Gasteiger partial charge on any atom is -0.481 e. The zero-order valence-electron chi connectivity index (χ0n) is 17.8. The number of anilines is 1. The number of nitrogen functional groups attached to an aromatic ring is 1. The van der Waals surface area contributed by atoms with Crippen LogP contribution in [0, 0.1) is 0 Å². The maximum absolute atomic E-state index is 12.4. The van der Waals surface area contributed by atoms with Crippen molar-refractivity contribution < 1.29 is 29.0 Å². The molecular weight excluding hydrogens is 462 g/mol. The summed E-state index contributed by atoms with van der Waals surface area (Å²) in [6.07, 6.45) is 2.07. The smallest absolute Gasteiger partial charge is 0.326 e. The van der Waals surface area contributed by atoms with E-state index >= 15 is 0 Å². The molecule has 0 fully saturated rings. The second-order valence-corrected chi connectivity index (χ2v) is 7.31. The molecule has 1 unspecified atom stereocenters. The molecule has 3 heterocycles. The zero-order chi connectivity index (χ0) is 25.1. The lowest BCUT2D eigenvalue weighted by atomic mass is 10.1. The van der Waals surface area contributed by atoms with E-state index in [9.17, 15) is 24.3 Å². The number of aliphatic carboxylic acids is 2. The molecule has 4 rings (SSSR count). The molecule has 1 aromatic carbocycles. The monoisotopic (exact) mass is 479 g/mol. The Morgan fingerprint density at radius 2 is 2.03 bits per heavy atom. The minimum absolute atomic E-state index is 0.00307. The van der Waals surface area contributed by atoms with E-state index in [0.717, 1.165) is 0 Å². The van der Waals surface area contributed by atoms with E-state index < -0.39 is 35.9 Å². The maximum Gasteiger partial charge on any atom is 0.326 e. The van der Waals surface area contributed by atoms with Crippen LogP contribution in [0.3, 0.4) is 0 Å². The third-order valence-corrected chi connectivity index (χ3v) is 4.79. The van der Waals surface area contributed by atoms with Gasteiger partial charge in [0.05, 0.1) is 18.1 Å². The normalized spacial score (nSPS) is 12.2. The number of fused-ring (bicyclic) bond motifs is 2. The van der Waals surface area contributed by atoms with Gasteiger partial charge in [-0.05, 0) is 24.6 Å². The molecule has 0 spiro atoms. The number of nitrogens with zero attached hydrogens (tertiary/aromatic N) is 4. The Labute approximate surface area is 194 Å². The predicted molar refractivity (Wildman–Crippen MR) is 122 cm³/mol. The fourth-order valence-electron chi connectivity index (χ4n) is 3.12. The van der Waals surface area contributed by atoms with Gasteiger partial charge in [-0.15, -0.1) is 0 Å². The van der Waals surface area contributed by atoms with Gasteiger partial charge in [0.25, 0.3) is 5.91 Å². The Hall–Kier alpha value is -5.14. The summed E-state index contributed by atoms with van der Waals surface area (Å²) in [5, 5.41) is 20.8. The lowest BCUT2D eigenvalue weighted by Crippen LogP contribution is -2.40. The fraction of sp³-hybridized carbons (Fsp3) is 0.143. The summed E-state index contributed by atoms with van der Waals surface area (Å²) < 4.78 is 5.52. The molecule has 4 aromatic rings. The largest absolute Gasteiger partial charge is 0.481 e. The fourth-order valence-corrected chi connectivity index (χ4v) is 3.12. The van der Waals surface area contributed by atoms with E-state index in [1.165, 1.54) is 18.5 Å². The molecule has 14 nitrogen and oxygen atoms in total. The topological polar surface area (TPSA) is 227 Å². The molecular formula is C21H17N7O7. The number of carbonyl (C=O) groups excluding carboxylic acids is 1. The average Bonchev–Trinajstić information content (AvgIpc) is 3.23. The number of aromatic amines is 1. The molecule has 3 aromatic heterocycles. The summed E-state index contributed by atoms with van der Waals surface area (Å²) in [6.45, 7) is 0. The molecule has 35 heavy (non-hydrogen) atoms. The van der Waals surface area contributed by atoms with Crippen LogP contribution < -0.4 is 16.6 Å². The quantitative estimate of drug-likeness (QED) is 0.222. The van der Waals surface area contributed by atoms with E-state index in [0.29, 0.717) is 16.7 Å². The SMILES string of the molecule is Nc1nc(=O)c2nc(/C=N/c3ccc4cc(C(=O)NC(CCC(=O)O)C(=O)O)oc4c3)cnc2[nH]1. The molecule has 14 heteroatoms. The van der Waals surface area contributed by atoms with Gasteiger partial charge in [-0.2, -0.15) is 4.98 Å². The molecule has 0 radical (unpaired) electrons. The number of furan rings is 1. The van der Waals surface area contributed by atoms with Gasteiger partial charge in [-0.3, -0.25) is 19.4 Å². The molecule has 0 aliphatic rings. The lowest BCUT2D eigenvalue weighted by molar-refractivity contribution is -0.140. The number of nitrogens with two attached hydrogens (primary N) is 1. The molecule has 1 atom stereocenters. The number of carboxylic acid groups (broad SMARTS) is 2. The van der Waals surface area contributed by atoms with Crippen LogP contribution in [0.1, 0.15) is 29.1 Å². The Morgan fingerprint density at radius 3 is 2.77 bits per heavy atom. The maximum atomic E-state index is 12.4. The number of amides is 1. The first kappa shape index (κ1) is 23.0. The van der Waals surface area contributed by atoms with Crippen LogP contribution in [-0.4, -0.2) is 60.3 Å². The minimum atomic E-state index is -1.38. The highest BCUT2D eigenvalue weighted by Crippen LogP contribution is 2.25. The van der Waals surface area contributed by atoms with E-state index in [2.05, 4.69) is 30.2 Å². The Morgan fingerprint density at radius 1 is 1.23 bits per heavy atom. The molecule has 0 aliphatic heterocycles. The molecule has 0 bridgehead atoms. The number of benzene rings is 1. The first-order chi connectivity index (χ1) is 16.7. The van der Waals surface area contributed by atoms with Crippen LogP contribution in [-0.2, 0) is 9.59 Å². The molecule has 1 amide bonds. The number of nitrogens with one attached hydrogen (secondary N) is 2. The van der Waals surface area contributed by atoms with Gasteiger partial charge in [0.2, 0.25) is 5.95 Å². The molecule has 178 valence electrons. The molecule has 0 saturated heterocycles. The van der Waals surface area contributed by atoms with Crippen LogP contribution in [0.2, 0.25) is 0 Å². The number of hydrogen-bond donors (Lipinski definition) is 5. The number of rotatable bonds is 8. The van der Waals surface area contributed by atoms with E-state index in [4.69, 9.17) is 15.3 Å². The first-order valence-electron chi connectivity index (χ1n) is 10.1. The van der Waals surface area contributed by atoms with Crippen molar-refractivity contribution in [2.24, 2.45) is 4.99 Å². The highest BCUT2D eigenvalue weighted by molar-refractivity contribution is 5.98. The van der Waals surface area contributed by atoms with Gasteiger partial charge < -0.3 is 30.7 Å². The Bertz CT molecular complexity index is 1560. The standard InChI is InChI=1S/C21H17N7O7/c22-21-27-17-16(19(32)28-21)25-11(8-24-17)7-23-10-2-1-9-5-14(35-13(9)6-10)18(31)26-12(20(33)34)3-4-15(29)30/h1-2,5-8,12H,3-4H2,(H,26,31)(H,29,30)(H,33,34)(H3,22,24,27,28,32)/b23-7+. The number of carboxylic acids is 2. The van der Waals surface area contributed by atoms with E-state index in [1.807, 2.05) is 0 Å². The molecule has 6 N–H and O–H groups in total. The number of carbonyl (C=O) groups is 3. The van der Waals surface area contributed by atoms with Crippen molar-refractivity contribution >= 4 is 57.8 Å². The molecule has 0 saturated carbocycles. The summed E-state index contributed by atoms with van der Waals surface area (Å²) in [4.78, 5) is 65.1. The third-order valence-electron chi connectivity index (χ3n) is 4.79.